The van der Waals surface area contributed by atoms with Gasteiger partial charge in [0.15, 0.2) is 12.2 Å². The molecular weight excluding hydrogens is 1070 g/mol. The molecule has 0 aromatic heterocycles. The Hall–Kier alpha value is -1.94. The standard InChI is InChI=1S/C61H118O17P2/c1-5-9-13-17-20-22-24-25-26-27-28-29-31-33-36-40-44-48-61(66)78-57(52-72-59(64)46-42-38-35-32-30-23-21-18-14-10-6-2)54-76-80(69,70)74-50-55(62)49-73-79(67,68)75-53-56(51-71-58(63)45-41-37-16-12-8-4)77-60(65)47-43-39-34-19-15-11-7-3/h55-57,62H,5-54H2,1-4H3,(H,67,68)(H,69,70)/t55-,56+,57+/m0/s1. The molecule has 0 aliphatic rings. The van der Waals surface area contributed by atoms with Crippen LogP contribution < -0.4 is 0 Å². The Morgan fingerprint density at radius 1 is 0.300 bits per heavy atom. The molecule has 0 aromatic carbocycles. The lowest BCUT2D eigenvalue weighted by atomic mass is 10.0. The fourth-order valence-corrected chi connectivity index (χ4v) is 10.7. The van der Waals surface area contributed by atoms with Gasteiger partial charge in [-0.1, -0.05) is 259 Å². The van der Waals surface area contributed by atoms with E-state index in [2.05, 4.69) is 27.7 Å². The van der Waals surface area contributed by atoms with Crippen LogP contribution in [-0.4, -0.2) is 96.7 Å². The minimum absolute atomic E-state index is 0.103. The summed E-state index contributed by atoms with van der Waals surface area (Å²) in [7, 11) is -9.86. The molecule has 0 saturated heterocycles. The summed E-state index contributed by atoms with van der Waals surface area (Å²) in [6.45, 7) is 4.74. The van der Waals surface area contributed by atoms with Crippen LogP contribution in [0.25, 0.3) is 0 Å². The number of esters is 4. The summed E-state index contributed by atoms with van der Waals surface area (Å²) in [6, 6.07) is 0. The number of phosphoric acid groups is 2. The first-order valence-corrected chi connectivity index (χ1v) is 35.3. The Kier molecular flexibility index (Phi) is 54.8. The number of hydrogen-bond donors (Lipinski definition) is 3. The molecule has 3 N–H and O–H groups in total. The molecule has 17 nitrogen and oxygen atoms in total. The second-order valence-corrected chi connectivity index (χ2v) is 25.0. The van der Waals surface area contributed by atoms with E-state index in [1.807, 2.05) is 0 Å². The molecule has 0 bridgehead atoms. The topological polar surface area (TPSA) is 237 Å². The number of carbonyl (C=O) groups is 4. The molecule has 474 valence electrons. The van der Waals surface area contributed by atoms with E-state index < -0.39 is 97.5 Å². The summed E-state index contributed by atoms with van der Waals surface area (Å²) in [4.78, 5) is 71.7. The van der Waals surface area contributed by atoms with E-state index in [4.69, 9.17) is 37.0 Å². The number of aliphatic hydroxyl groups excluding tert-OH is 1. The Balaban J connectivity index is 5.12. The molecule has 0 saturated carbocycles. The molecule has 0 fully saturated rings. The molecular formula is C61H118O17P2. The van der Waals surface area contributed by atoms with E-state index >= 15 is 0 Å². The second-order valence-electron chi connectivity index (χ2n) is 22.1. The van der Waals surface area contributed by atoms with Gasteiger partial charge in [-0.25, -0.2) is 9.13 Å². The number of aliphatic hydroxyl groups is 1. The second kappa shape index (κ2) is 56.2. The van der Waals surface area contributed by atoms with Crippen molar-refractivity contribution in [3.8, 4) is 0 Å². The average Bonchev–Trinajstić information content (AvgIpc) is 3.43. The average molecular weight is 1190 g/mol. The molecule has 5 atom stereocenters. The van der Waals surface area contributed by atoms with Crippen LogP contribution in [0.3, 0.4) is 0 Å². The predicted octanol–water partition coefficient (Wildman–Crippen LogP) is 16.8. The maximum Gasteiger partial charge on any atom is 0.472 e. The van der Waals surface area contributed by atoms with Crippen LogP contribution in [0, 0.1) is 0 Å². The van der Waals surface area contributed by atoms with Crippen molar-refractivity contribution in [3.63, 3.8) is 0 Å². The first-order valence-electron chi connectivity index (χ1n) is 32.3. The molecule has 0 amide bonds. The number of carbonyl (C=O) groups excluding carboxylic acids is 4. The van der Waals surface area contributed by atoms with E-state index in [0.29, 0.717) is 25.7 Å². The highest BCUT2D eigenvalue weighted by Gasteiger charge is 2.30. The molecule has 0 heterocycles. The highest BCUT2D eigenvalue weighted by Crippen LogP contribution is 2.45. The summed E-state index contributed by atoms with van der Waals surface area (Å²) < 4.78 is 67.6. The Morgan fingerprint density at radius 3 is 0.738 bits per heavy atom. The molecule has 0 aliphatic carbocycles. The lowest BCUT2D eigenvalue weighted by molar-refractivity contribution is -0.161. The monoisotopic (exact) mass is 1180 g/mol. The summed E-state index contributed by atoms with van der Waals surface area (Å²) in [5.41, 5.74) is 0. The highest BCUT2D eigenvalue weighted by molar-refractivity contribution is 7.47. The van der Waals surface area contributed by atoms with Gasteiger partial charge in [-0.05, 0) is 25.7 Å². The first-order chi connectivity index (χ1) is 38.7. The fraction of sp³-hybridized carbons (Fsp3) is 0.934. The number of hydrogen-bond acceptors (Lipinski definition) is 15. The third-order valence-electron chi connectivity index (χ3n) is 14.1. The van der Waals surface area contributed by atoms with Crippen molar-refractivity contribution in [3.05, 3.63) is 0 Å². The van der Waals surface area contributed by atoms with Gasteiger partial charge >= 0.3 is 39.5 Å². The minimum atomic E-state index is -4.94. The van der Waals surface area contributed by atoms with Crippen molar-refractivity contribution in [2.45, 2.75) is 329 Å². The van der Waals surface area contributed by atoms with E-state index in [9.17, 15) is 43.2 Å². The molecule has 0 spiro atoms. The zero-order chi connectivity index (χ0) is 59.1. The molecule has 0 aliphatic heterocycles. The van der Waals surface area contributed by atoms with E-state index in [-0.39, 0.29) is 25.7 Å². The van der Waals surface area contributed by atoms with Crippen LogP contribution in [0.5, 0.6) is 0 Å². The summed E-state index contributed by atoms with van der Waals surface area (Å²) >= 11 is 0. The third kappa shape index (κ3) is 55.3. The van der Waals surface area contributed by atoms with Gasteiger partial charge in [0.1, 0.15) is 19.3 Å². The van der Waals surface area contributed by atoms with Gasteiger partial charge in [0.2, 0.25) is 0 Å². The summed E-state index contributed by atoms with van der Waals surface area (Å²) in [6.07, 6.45) is 40.8. The van der Waals surface area contributed by atoms with E-state index in [0.717, 1.165) is 109 Å². The maximum absolute atomic E-state index is 12.9. The van der Waals surface area contributed by atoms with Gasteiger partial charge in [0.25, 0.3) is 0 Å². The lowest BCUT2D eigenvalue weighted by Gasteiger charge is -2.21. The Bertz CT molecular complexity index is 1550. The number of unbranched alkanes of at least 4 members (excludes halogenated alkanes) is 36. The van der Waals surface area contributed by atoms with Crippen LogP contribution in [0.4, 0.5) is 0 Å². The molecule has 0 rings (SSSR count). The SMILES string of the molecule is CCCCCCCCCCCCCCCCCCCC(=O)O[C@H](COC(=O)CCCCCCCCCCCCC)COP(=O)(O)OC[C@@H](O)COP(=O)(O)OC[C@@H](COC(=O)CCCCCCC)OC(=O)CCCCCCCCC. The lowest BCUT2D eigenvalue weighted by Crippen LogP contribution is -2.30. The zero-order valence-corrected chi connectivity index (χ0v) is 52.8. The summed E-state index contributed by atoms with van der Waals surface area (Å²) in [5.74, 6) is -2.15. The van der Waals surface area contributed by atoms with Crippen LogP contribution >= 0.6 is 15.6 Å². The van der Waals surface area contributed by atoms with Crippen molar-refractivity contribution < 1.29 is 80.2 Å². The largest absolute Gasteiger partial charge is 0.472 e. The van der Waals surface area contributed by atoms with Crippen molar-refractivity contribution in [1.29, 1.82) is 0 Å². The van der Waals surface area contributed by atoms with Gasteiger partial charge < -0.3 is 33.8 Å². The van der Waals surface area contributed by atoms with Gasteiger partial charge in [0.05, 0.1) is 26.4 Å². The molecule has 0 radical (unpaired) electrons. The van der Waals surface area contributed by atoms with Gasteiger partial charge in [0, 0.05) is 25.7 Å². The Labute approximate surface area is 486 Å². The van der Waals surface area contributed by atoms with Crippen molar-refractivity contribution in [2.24, 2.45) is 0 Å². The number of rotatable bonds is 62. The highest BCUT2D eigenvalue weighted by atomic mass is 31.2. The van der Waals surface area contributed by atoms with Crippen molar-refractivity contribution in [1.82, 2.24) is 0 Å². The van der Waals surface area contributed by atoms with Gasteiger partial charge in [-0.2, -0.15) is 0 Å². The van der Waals surface area contributed by atoms with Crippen LogP contribution in [0.15, 0.2) is 0 Å². The molecule has 2 unspecified atom stereocenters. The van der Waals surface area contributed by atoms with Crippen LogP contribution in [-0.2, 0) is 65.4 Å². The number of phosphoric ester groups is 2. The smallest absolute Gasteiger partial charge is 0.462 e. The van der Waals surface area contributed by atoms with E-state index in [1.54, 1.807) is 0 Å². The predicted molar refractivity (Wildman–Crippen MR) is 317 cm³/mol. The molecule has 80 heavy (non-hydrogen) atoms. The summed E-state index contributed by atoms with van der Waals surface area (Å²) in [5, 5.41) is 10.5. The molecule has 0 aromatic rings. The third-order valence-corrected chi connectivity index (χ3v) is 16.0. The van der Waals surface area contributed by atoms with Crippen LogP contribution in [0.1, 0.15) is 310 Å². The normalized spacial score (nSPS) is 14.2. The van der Waals surface area contributed by atoms with Crippen molar-refractivity contribution >= 4 is 39.5 Å². The van der Waals surface area contributed by atoms with E-state index in [1.165, 1.54) is 122 Å². The fourth-order valence-electron chi connectivity index (χ4n) is 9.10. The Morgan fingerprint density at radius 2 is 0.500 bits per heavy atom. The first kappa shape index (κ1) is 78.1. The molecule has 19 heteroatoms. The number of ether oxygens (including phenoxy) is 4. The van der Waals surface area contributed by atoms with Gasteiger partial charge in [-0.3, -0.25) is 37.3 Å². The maximum atomic E-state index is 12.9. The van der Waals surface area contributed by atoms with Gasteiger partial charge in [-0.15, -0.1) is 0 Å². The zero-order valence-electron chi connectivity index (χ0n) is 51.0. The minimum Gasteiger partial charge on any atom is -0.462 e. The van der Waals surface area contributed by atoms with Crippen molar-refractivity contribution in [2.75, 3.05) is 39.6 Å². The van der Waals surface area contributed by atoms with Crippen LogP contribution in [0.2, 0.25) is 0 Å². The quantitative estimate of drug-likeness (QED) is 0.0222.